The molecule has 1 N–H and O–H groups in total. The molecule has 1 fully saturated rings. The number of carbonyl (C=O) groups excluding carboxylic acids is 1. The van der Waals surface area contributed by atoms with Crippen LogP contribution in [0.4, 0.5) is 10.9 Å². The van der Waals surface area contributed by atoms with Crippen molar-refractivity contribution in [1.82, 2.24) is 30.3 Å². The molecule has 11 heteroatoms. The first-order chi connectivity index (χ1) is 13.1. The second-order valence-electron chi connectivity index (χ2n) is 6.32. The first-order valence-corrected chi connectivity index (χ1v) is 9.44. The Morgan fingerprint density at radius 2 is 2.22 bits per heavy atom. The molecule has 1 aliphatic heterocycles. The quantitative estimate of drug-likeness (QED) is 0.715. The van der Waals surface area contributed by atoms with Crippen LogP contribution in [0.3, 0.4) is 0 Å². The molecule has 3 aromatic rings. The number of nitrogens with one attached hydrogen (secondary N) is 1. The molecule has 4 heterocycles. The smallest absolute Gasteiger partial charge is 0.263 e. The van der Waals surface area contributed by atoms with Crippen molar-refractivity contribution >= 4 is 28.2 Å². The lowest BCUT2D eigenvalue weighted by Crippen LogP contribution is -2.41. The predicted octanol–water partition coefficient (Wildman–Crippen LogP) is 1.85. The van der Waals surface area contributed by atoms with Gasteiger partial charge in [0.15, 0.2) is 5.82 Å². The van der Waals surface area contributed by atoms with Crippen LogP contribution >= 0.6 is 11.3 Å². The minimum absolute atomic E-state index is 0.0580. The molecule has 1 atom stereocenters. The molecular formula is C16H18N8O2S. The van der Waals surface area contributed by atoms with Gasteiger partial charge in [-0.3, -0.25) is 4.79 Å². The van der Waals surface area contributed by atoms with Crippen molar-refractivity contribution in [2.45, 2.75) is 26.7 Å². The normalized spacial score (nSPS) is 17.1. The van der Waals surface area contributed by atoms with Gasteiger partial charge in [-0.1, -0.05) is 16.5 Å². The summed E-state index contributed by atoms with van der Waals surface area (Å²) < 4.78 is 5.31. The van der Waals surface area contributed by atoms with Gasteiger partial charge in [-0.15, -0.1) is 10.2 Å². The van der Waals surface area contributed by atoms with Gasteiger partial charge in [0.05, 0.1) is 5.92 Å². The van der Waals surface area contributed by atoms with E-state index in [4.69, 9.17) is 4.52 Å². The number of aryl methyl sites for hydroxylation is 2. The number of hydrogen-bond acceptors (Lipinski definition) is 10. The Kier molecular flexibility index (Phi) is 4.75. The van der Waals surface area contributed by atoms with Crippen LogP contribution in [0.1, 0.15) is 24.5 Å². The first kappa shape index (κ1) is 17.5. The largest absolute Gasteiger partial charge is 0.355 e. The summed E-state index contributed by atoms with van der Waals surface area (Å²) in [5, 5.41) is 14.8. The van der Waals surface area contributed by atoms with Gasteiger partial charge < -0.3 is 14.7 Å². The van der Waals surface area contributed by atoms with Crippen molar-refractivity contribution < 1.29 is 9.32 Å². The van der Waals surface area contributed by atoms with Crippen LogP contribution in [0.2, 0.25) is 0 Å². The topological polar surface area (TPSA) is 123 Å². The molecular weight excluding hydrogens is 368 g/mol. The average Bonchev–Trinajstić information content (AvgIpc) is 3.33. The van der Waals surface area contributed by atoms with Gasteiger partial charge in [-0.25, -0.2) is 9.97 Å². The van der Waals surface area contributed by atoms with Gasteiger partial charge >= 0.3 is 0 Å². The van der Waals surface area contributed by atoms with Crippen molar-refractivity contribution in [1.29, 1.82) is 0 Å². The zero-order chi connectivity index (χ0) is 18.8. The summed E-state index contributed by atoms with van der Waals surface area (Å²) in [5.41, 5.74) is 2.26. The van der Waals surface area contributed by atoms with Crippen molar-refractivity contribution in [3.63, 3.8) is 0 Å². The Balaban J connectivity index is 1.57. The third-order valence-electron chi connectivity index (χ3n) is 4.33. The van der Waals surface area contributed by atoms with E-state index in [9.17, 15) is 4.79 Å². The summed E-state index contributed by atoms with van der Waals surface area (Å²) in [5.74, 6) is 2.05. The molecule has 0 spiro atoms. The van der Waals surface area contributed by atoms with E-state index in [1.54, 1.807) is 18.6 Å². The third kappa shape index (κ3) is 3.77. The summed E-state index contributed by atoms with van der Waals surface area (Å²) in [6.45, 7) is 4.92. The molecule has 0 aliphatic carbocycles. The molecule has 1 aliphatic rings. The van der Waals surface area contributed by atoms with E-state index in [2.05, 4.69) is 40.5 Å². The fourth-order valence-corrected chi connectivity index (χ4v) is 3.52. The standard InChI is InChI=1S/C16H18N8O2S/c1-9-17-6-12(15-20-10(2)23-26-15)13(19-9)24-5-3-4-11(7-24)14(25)21-16-22-18-8-27-16/h6,8,11H,3-5,7H2,1-2H3,(H,21,22,25). The van der Waals surface area contributed by atoms with Crippen molar-refractivity contribution in [3.05, 3.63) is 23.4 Å². The second-order valence-corrected chi connectivity index (χ2v) is 7.15. The fourth-order valence-electron chi connectivity index (χ4n) is 3.07. The molecule has 4 rings (SSSR count). The summed E-state index contributed by atoms with van der Waals surface area (Å²) in [7, 11) is 0. The second kappa shape index (κ2) is 7.35. The Bertz CT molecular complexity index is 942. The number of nitrogens with zero attached hydrogens (tertiary/aromatic N) is 7. The molecule has 1 saturated heterocycles. The van der Waals surface area contributed by atoms with E-state index in [0.29, 0.717) is 40.6 Å². The van der Waals surface area contributed by atoms with E-state index in [-0.39, 0.29) is 11.8 Å². The molecule has 3 aromatic heterocycles. The van der Waals surface area contributed by atoms with E-state index in [1.165, 1.54) is 11.3 Å². The predicted molar refractivity (Wildman–Crippen MR) is 98.3 cm³/mol. The molecule has 0 radical (unpaired) electrons. The van der Waals surface area contributed by atoms with Crippen LogP contribution in [-0.2, 0) is 4.79 Å². The SMILES string of the molecule is Cc1noc(-c2cnc(C)nc2N2CCCC(C(=O)Nc3nncs3)C2)n1. The molecule has 27 heavy (non-hydrogen) atoms. The van der Waals surface area contributed by atoms with E-state index in [1.807, 2.05) is 6.92 Å². The molecule has 0 saturated carbocycles. The number of rotatable bonds is 4. The van der Waals surface area contributed by atoms with Crippen LogP contribution in [0.5, 0.6) is 0 Å². The number of carbonyl (C=O) groups is 1. The number of hydrogen-bond donors (Lipinski definition) is 1. The van der Waals surface area contributed by atoms with Crippen LogP contribution in [-0.4, -0.2) is 49.3 Å². The highest BCUT2D eigenvalue weighted by Crippen LogP contribution is 2.31. The van der Waals surface area contributed by atoms with Crippen molar-refractivity contribution in [2.24, 2.45) is 5.92 Å². The van der Waals surface area contributed by atoms with Gasteiger partial charge in [-0.2, -0.15) is 4.98 Å². The zero-order valence-electron chi connectivity index (χ0n) is 14.9. The molecule has 140 valence electrons. The highest BCUT2D eigenvalue weighted by atomic mass is 32.1. The Morgan fingerprint density at radius 1 is 1.33 bits per heavy atom. The monoisotopic (exact) mass is 386 g/mol. The maximum atomic E-state index is 12.6. The first-order valence-electron chi connectivity index (χ1n) is 8.56. The van der Waals surface area contributed by atoms with Crippen LogP contribution < -0.4 is 10.2 Å². The summed E-state index contributed by atoms with van der Waals surface area (Å²) in [6.07, 6.45) is 3.37. The lowest BCUT2D eigenvalue weighted by molar-refractivity contribution is -0.120. The van der Waals surface area contributed by atoms with E-state index >= 15 is 0 Å². The Labute approximate surface area is 159 Å². The van der Waals surface area contributed by atoms with Gasteiger partial charge in [-0.05, 0) is 26.7 Å². The number of anilines is 2. The zero-order valence-corrected chi connectivity index (χ0v) is 15.7. The Hall–Kier alpha value is -2.95. The maximum absolute atomic E-state index is 12.6. The molecule has 0 aromatic carbocycles. The van der Waals surface area contributed by atoms with Gasteiger partial charge in [0.25, 0.3) is 5.89 Å². The van der Waals surface area contributed by atoms with Crippen LogP contribution in [0.15, 0.2) is 16.2 Å². The highest BCUT2D eigenvalue weighted by molar-refractivity contribution is 7.13. The van der Waals surface area contributed by atoms with E-state index in [0.717, 1.165) is 19.4 Å². The average molecular weight is 386 g/mol. The van der Waals surface area contributed by atoms with Crippen molar-refractivity contribution in [3.8, 4) is 11.5 Å². The number of aromatic nitrogens is 6. The van der Waals surface area contributed by atoms with E-state index < -0.39 is 0 Å². The lowest BCUT2D eigenvalue weighted by atomic mass is 9.97. The molecule has 0 bridgehead atoms. The minimum atomic E-state index is -0.171. The Morgan fingerprint density at radius 3 is 2.96 bits per heavy atom. The maximum Gasteiger partial charge on any atom is 0.263 e. The minimum Gasteiger partial charge on any atom is -0.355 e. The lowest BCUT2D eigenvalue weighted by Gasteiger charge is -2.33. The van der Waals surface area contributed by atoms with Gasteiger partial charge in [0, 0.05) is 19.3 Å². The highest BCUT2D eigenvalue weighted by Gasteiger charge is 2.29. The van der Waals surface area contributed by atoms with Crippen LogP contribution in [0, 0.1) is 19.8 Å². The van der Waals surface area contributed by atoms with Gasteiger partial charge in [0.1, 0.15) is 22.7 Å². The summed E-state index contributed by atoms with van der Waals surface area (Å²) in [6, 6.07) is 0. The fraction of sp³-hybridized carbons (Fsp3) is 0.438. The third-order valence-corrected chi connectivity index (χ3v) is 4.94. The summed E-state index contributed by atoms with van der Waals surface area (Å²) >= 11 is 1.30. The van der Waals surface area contributed by atoms with Gasteiger partial charge in [0.2, 0.25) is 11.0 Å². The molecule has 1 amide bonds. The number of piperidine rings is 1. The van der Waals surface area contributed by atoms with Crippen molar-refractivity contribution in [2.75, 3.05) is 23.3 Å². The summed E-state index contributed by atoms with van der Waals surface area (Å²) in [4.78, 5) is 27.8. The van der Waals surface area contributed by atoms with Crippen LogP contribution in [0.25, 0.3) is 11.5 Å². The number of amides is 1. The molecule has 1 unspecified atom stereocenters. The molecule has 10 nitrogen and oxygen atoms in total.